The first-order chi connectivity index (χ1) is 15.0. The Bertz CT molecular complexity index is 1360. The molecule has 2 aromatic heterocycles. The fourth-order valence-electron chi connectivity index (χ4n) is 3.58. The Kier molecular flexibility index (Phi) is 5.25. The predicted molar refractivity (Wildman–Crippen MR) is 121 cm³/mol. The molecule has 0 radical (unpaired) electrons. The number of phenolic OH excluding ortho intramolecular Hbond substituents is 1. The highest BCUT2D eigenvalue weighted by Crippen LogP contribution is 2.25. The van der Waals surface area contributed by atoms with Crippen molar-refractivity contribution in [3.8, 4) is 17.5 Å². The zero-order chi connectivity index (χ0) is 22.0. The van der Waals surface area contributed by atoms with Crippen LogP contribution in [0, 0.1) is 25.2 Å². The zero-order valence-corrected chi connectivity index (χ0v) is 17.1. The van der Waals surface area contributed by atoms with Crippen LogP contribution in [-0.2, 0) is 4.79 Å². The Morgan fingerprint density at radius 2 is 1.90 bits per heavy atom. The van der Waals surface area contributed by atoms with Crippen LogP contribution in [-0.4, -0.2) is 20.6 Å². The number of phenols is 1. The quantitative estimate of drug-likeness (QED) is 0.286. The number of aromatic hydroxyl groups is 1. The third-order valence-electron chi connectivity index (χ3n) is 5.11. The van der Waals surface area contributed by atoms with E-state index >= 15 is 0 Å². The summed E-state index contributed by atoms with van der Waals surface area (Å²) in [4.78, 5) is 16.9. The predicted octanol–water partition coefficient (Wildman–Crippen LogP) is 4.89. The first kappa shape index (κ1) is 19.9. The summed E-state index contributed by atoms with van der Waals surface area (Å²) >= 11 is 0. The summed E-state index contributed by atoms with van der Waals surface area (Å²) in [6.07, 6.45) is 3.36. The molecule has 4 aromatic rings. The molecule has 152 valence electrons. The van der Waals surface area contributed by atoms with Crippen molar-refractivity contribution in [3.63, 3.8) is 0 Å². The van der Waals surface area contributed by atoms with Gasteiger partial charge >= 0.3 is 0 Å². The Labute approximate surface area is 179 Å². The lowest BCUT2D eigenvalue weighted by Gasteiger charge is -2.11. The summed E-state index contributed by atoms with van der Waals surface area (Å²) < 4.78 is 2.09. The molecular formula is C25H20N4O2. The maximum absolute atomic E-state index is 12.6. The first-order valence-corrected chi connectivity index (χ1v) is 9.72. The number of amides is 1. The van der Waals surface area contributed by atoms with Gasteiger partial charge in [0.15, 0.2) is 0 Å². The van der Waals surface area contributed by atoms with Gasteiger partial charge in [0.1, 0.15) is 17.4 Å². The molecule has 0 aliphatic carbocycles. The molecule has 0 unspecified atom stereocenters. The van der Waals surface area contributed by atoms with Crippen molar-refractivity contribution >= 4 is 28.6 Å². The molecule has 0 spiro atoms. The minimum atomic E-state index is -0.505. The SMILES string of the molecule is Cc1cc(C=C(C#N)C(=O)Nc2ccc(O)cc2)c(C)n1-c1ccc2ncccc2c1. The van der Waals surface area contributed by atoms with Gasteiger partial charge in [-0.25, -0.2) is 0 Å². The van der Waals surface area contributed by atoms with E-state index in [4.69, 9.17) is 0 Å². The fraction of sp³-hybridized carbons (Fsp3) is 0.0800. The van der Waals surface area contributed by atoms with Crippen LogP contribution in [0.15, 0.2) is 72.4 Å². The summed E-state index contributed by atoms with van der Waals surface area (Å²) in [6, 6.07) is 20.0. The third-order valence-corrected chi connectivity index (χ3v) is 5.11. The lowest BCUT2D eigenvalue weighted by molar-refractivity contribution is -0.112. The third kappa shape index (κ3) is 4.02. The van der Waals surface area contributed by atoms with Gasteiger partial charge in [-0.3, -0.25) is 9.78 Å². The number of carbonyl (C=O) groups excluding carboxylic acids is 1. The van der Waals surface area contributed by atoms with Crippen LogP contribution < -0.4 is 5.32 Å². The molecule has 0 saturated carbocycles. The van der Waals surface area contributed by atoms with E-state index in [2.05, 4.69) is 20.9 Å². The number of anilines is 1. The maximum atomic E-state index is 12.6. The van der Waals surface area contributed by atoms with Gasteiger partial charge in [0.05, 0.1) is 5.52 Å². The van der Waals surface area contributed by atoms with Crippen molar-refractivity contribution in [1.29, 1.82) is 5.26 Å². The number of benzene rings is 2. The second-order valence-electron chi connectivity index (χ2n) is 7.21. The molecule has 2 aromatic carbocycles. The number of fused-ring (bicyclic) bond motifs is 1. The van der Waals surface area contributed by atoms with Gasteiger partial charge in [0.2, 0.25) is 0 Å². The topological polar surface area (TPSA) is 90.9 Å². The highest BCUT2D eigenvalue weighted by atomic mass is 16.3. The van der Waals surface area contributed by atoms with Crippen molar-refractivity contribution in [3.05, 3.63) is 89.4 Å². The van der Waals surface area contributed by atoms with Crippen molar-refractivity contribution in [2.45, 2.75) is 13.8 Å². The lowest BCUT2D eigenvalue weighted by atomic mass is 10.1. The molecule has 0 fully saturated rings. The Balaban J connectivity index is 1.67. The summed E-state index contributed by atoms with van der Waals surface area (Å²) in [5, 5.41) is 22.6. The highest BCUT2D eigenvalue weighted by Gasteiger charge is 2.14. The summed E-state index contributed by atoms with van der Waals surface area (Å²) in [5.41, 5.74) is 5.11. The Morgan fingerprint density at radius 1 is 1.13 bits per heavy atom. The van der Waals surface area contributed by atoms with Crippen LogP contribution in [0.4, 0.5) is 5.69 Å². The van der Waals surface area contributed by atoms with Crippen LogP contribution in [0.1, 0.15) is 17.0 Å². The van der Waals surface area contributed by atoms with Crippen LogP contribution in [0.2, 0.25) is 0 Å². The number of hydrogen-bond acceptors (Lipinski definition) is 4. The smallest absolute Gasteiger partial charge is 0.266 e. The number of nitrogens with zero attached hydrogens (tertiary/aromatic N) is 3. The first-order valence-electron chi connectivity index (χ1n) is 9.72. The van der Waals surface area contributed by atoms with Crippen molar-refractivity contribution in [2.75, 3.05) is 5.32 Å². The van der Waals surface area contributed by atoms with E-state index in [0.29, 0.717) is 5.69 Å². The van der Waals surface area contributed by atoms with Gasteiger partial charge in [-0.15, -0.1) is 0 Å². The molecule has 6 nitrogen and oxygen atoms in total. The van der Waals surface area contributed by atoms with Gasteiger partial charge < -0.3 is 15.0 Å². The fourth-order valence-corrected chi connectivity index (χ4v) is 3.58. The van der Waals surface area contributed by atoms with E-state index in [1.54, 1.807) is 24.4 Å². The minimum Gasteiger partial charge on any atom is -0.508 e. The molecule has 4 rings (SSSR count). The average molecular weight is 408 g/mol. The van der Waals surface area contributed by atoms with Crippen molar-refractivity contribution in [1.82, 2.24) is 9.55 Å². The summed E-state index contributed by atoms with van der Waals surface area (Å²) in [5.74, 6) is -0.402. The lowest BCUT2D eigenvalue weighted by Crippen LogP contribution is -2.13. The van der Waals surface area contributed by atoms with E-state index in [9.17, 15) is 15.2 Å². The molecule has 31 heavy (non-hydrogen) atoms. The van der Waals surface area contributed by atoms with Gasteiger partial charge in [-0.1, -0.05) is 6.07 Å². The maximum Gasteiger partial charge on any atom is 0.266 e. The molecule has 0 aliphatic heterocycles. The van der Waals surface area contributed by atoms with E-state index in [0.717, 1.165) is 33.5 Å². The van der Waals surface area contributed by atoms with Crippen LogP contribution in [0.3, 0.4) is 0 Å². The van der Waals surface area contributed by atoms with Gasteiger partial charge in [0.25, 0.3) is 5.91 Å². The second-order valence-corrected chi connectivity index (χ2v) is 7.21. The summed E-state index contributed by atoms with van der Waals surface area (Å²) in [7, 11) is 0. The van der Waals surface area contributed by atoms with Crippen LogP contribution in [0.25, 0.3) is 22.7 Å². The number of rotatable bonds is 4. The molecule has 2 N–H and O–H groups in total. The van der Waals surface area contributed by atoms with Gasteiger partial charge in [0, 0.05) is 34.3 Å². The molecule has 0 atom stereocenters. The standard InChI is InChI=1S/C25H20N4O2/c1-16-12-19(13-20(15-26)25(31)28-21-5-8-23(30)9-6-21)17(2)29(16)22-7-10-24-18(14-22)4-3-11-27-24/h3-14,30H,1-2H3,(H,28,31). The Morgan fingerprint density at radius 3 is 2.65 bits per heavy atom. The minimum absolute atomic E-state index is 0.00367. The van der Waals surface area contributed by atoms with Crippen LogP contribution in [0.5, 0.6) is 5.75 Å². The van der Waals surface area contributed by atoms with E-state index in [1.807, 2.05) is 50.2 Å². The zero-order valence-electron chi connectivity index (χ0n) is 17.1. The van der Waals surface area contributed by atoms with Crippen molar-refractivity contribution < 1.29 is 9.90 Å². The molecule has 0 saturated heterocycles. The van der Waals surface area contributed by atoms with Crippen LogP contribution >= 0.6 is 0 Å². The van der Waals surface area contributed by atoms with Gasteiger partial charge in [-0.05, 0) is 80.1 Å². The largest absolute Gasteiger partial charge is 0.508 e. The number of carbonyl (C=O) groups is 1. The number of nitrogens with one attached hydrogen (secondary N) is 1. The molecule has 1 amide bonds. The monoisotopic (exact) mass is 408 g/mol. The number of aryl methyl sites for hydroxylation is 1. The normalized spacial score (nSPS) is 11.3. The Hall–Kier alpha value is -4.37. The number of hydrogen-bond donors (Lipinski definition) is 2. The van der Waals surface area contributed by atoms with E-state index < -0.39 is 5.91 Å². The van der Waals surface area contributed by atoms with Crippen molar-refractivity contribution in [2.24, 2.45) is 0 Å². The van der Waals surface area contributed by atoms with E-state index in [-0.39, 0.29) is 11.3 Å². The molecular weight excluding hydrogens is 388 g/mol. The molecule has 0 bridgehead atoms. The molecule has 6 heteroatoms. The second kappa shape index (κ2) is 8.17. The highest BCUT2D eigenvalue weighted by molar-refractivity contribution is 6.09. The van der Waals surface area contributed by atoms with Gasteiger partial charge in [-0.2, -0.15) is 5.26 Å². The number of pyridine rings is 1. The average Bonchev–Trinajstić information content (AvgIpc) is 3.06. The summed E-state index contributed by atoms with van der Waals surface area (Å²) in [6.45, 7) is 3.94. The molecule has 0 aliphatic rings. The molecule has 2 heterocycles. The number of nitriles is 1. The number of aromatic nitrogens is 2. The van der Waals surface area contributed by atoms with E-state index in [1.165, 1.54) is 12.1 Å².